The van der Waals surface area contributed by atoms with Crippen LogP contribution in [0.25, 0.3) is 11.4 Å². The topological polar surface area (TPSA) is 146 Å². The minimum atomic E-state index is -2.73. The van der Waals surface area contributed by atoms with E-state index in [0.717, 1.165) is 4.90 Å². The zero-order chi connectivity index (χ0) is 24.9. The summed E-state index contributed by atoms with van der Waals surface area (Å²) in [6.45, 7) is -1.07. The Labute approximate surface area is 197 Å². The van der Waals surface area contributed by atoms with Crippen molar-refractivity contribution in [3.05, 3.63) is 36.7 Å². The summed E-state index contributed by atoms with van der Waals surface area (Å²) in [6.07, 6.45) is 4.48. The molecule has 0 aromatic carbocycles. The summed E-state index contributed by atoms with van der Waals surface area (Å²) in [5.74, 6) is -2.77. The Morgan fingerprint density at radius 3 is 2.57 bits per heavy atom. The number of nitrogens with one attached hydrogen (secondary N) is 1. The molecular formula is C20H20F2N10O3. The van der Waals surface area contributed by atoms with Crippen molar-refractivity contribution in [3.63, 3.8) is 0 Å². The Morgan fingerprint density at radius 2 is 1.89 bits per heavy atom. The Bertz CT molecular complexity index is 1290. The molecule has 1 unspecified atom stereocenters. The number of imidazole rings is 1. The van der Waals surface area contributed by atoms with Gasteiger partial charge in [0.1, 0.15) is 12.4 Å². The molecule has 3 aromatic rings. The van der Waals surface area contributed by atoms with Crippen LogP contribution < -0.4 is 15.1 Å². The fourth-order valence-electron chi connectivity index (χ4n) is 3.77. The number of aliphatic hydroxyl groups is 1. The molecular weight excluding hydrogens is 466 g/mol. The maximum absolute atomic E-state index is 13.1. The first-order valence-electron chi connectivity index (χ1n) is 10.4. The van der Waals surface area contributed by atoms with E-state index in [2.05, 4.69) is 30.2 Å². The second-order valence-electron chi connectivity index (χ2n) is 8.22. The zero-order valence-corrected chi connectivity index (χ0v) is 18.6. The predicted octanol–water partition coefficient (Wildman–Crippen LogP) is 0.0218. The molecule has 2 N–H and O–H groups in total. The smallest absolute Gasteiger partial charge is 0.282 e. The standard InChI is InChI=1S/C20H20F2N10O3/c1-29-16-14(17(34)30(2)19(29)35)31(10-26-16)7-13(33)27-12-3-4-23-15(28-12)11-5-24-18(25-6-11)32-8-20(21,22)9-32/h3-6,10,19,35H,7-9H2,1-2H3,(H,23,27,28,33). The first-order chi connectivity index (χ1) is 16.6. The van der Waals surface area contributed by atoms with Crippen LogP contribution in [0.2, 0.25) is 0 Å². The Kier molecular flexibility index (Phi) is 5.27. The molecule has 0 radical (unpaired) electrons. The summed E-state index contributed by atoms with van der Waals surface area (Å²) in [6, 6.07) is 1.49. The van der Waals surface area contributed by atoms with Crippen LogP contribution in [0.5, 0.6) is 0 Å². The number of nitrogens with zero attached hydrogens (tertiary/aromatic N) is 9. The fourth-order valence-corrected chi connectivity index (χ4v) is 3.77. The van der Waals surface area contributed by atoms with Crippen LogP contribution >= 0.6 is 0 Å². The lowest BCUT2D eigenvalue weighted by Gasteiger charge is -2.38. The van der Waals surface area contributed by atoms with Gasteiger partial charge in [0, 0.05) is 32.7 Å². The van der Waals surface area contributed by atoms with Gasteiger partial charge in [0.15, 0.2) is 17.3 Å². The molecule has 1 atom stereocenters. The molecule has 2 aliphatic heterocycles. The van der Waals surface area contributed by atoms with Gasteiger partial charge in [0.2, 0.25) is 18.2 Å². The van der Waals surface area contributed by atoms with Crippen LogP contribution in [-0.4, -0.2) is 90.8 Å². The van der Waals surface area contributed by atoms with E-state index < -0.39 is 37.2 Å². The van der Waals surface area contributed by atoms with E-state index in [0.29, 0.717) is 5.56 Å². The summed E-state index contributed by atoms with van der Waals surface area (Å²) >= 11 is 0. The number of carbonyl (C=O) groups is 2. The molecule has 3 aromatic heterocycles. The van der Waals surface area contributed by atoms with Crippen molar-refractivity contribution in [1.29, 1.82) is 0 Å². The van der Waals surface area contributed by atoms with Crippen molar-refractivity contribution in [2.24, 2.45) is 0 Å². The number of alkyl halides is 2. The highest BCUT2D eigenvalue weighted by molar-refractivity contribution is 6.00. The van der Waals surface area contributed by atoms with Crippen molar-refractivity contribution in [2.45, 2.75) is 18.8 Å². The third-order valence-electron chi connectivity index (χ3n) is 5.63. The average Bonchev–Trinajstić information content (AvgIpc) is 3.23. The van der Waals surface area contributed by atoms with Crippen LogP contribution in [0, 0.1) is 0 Å². The van der Waals surface area contributed by atoms with Gasteiger partial charge in [0.05, 0.1) is 25.0 Å². The number of fused-ring (bicyclic) bond motifs is 1. The molecule has 0 saturated carbocycles. The molecule has 0 aliphatic carbocycles. The van der Waals surface area contributed by atoms with Crippen molar-refractivity contribution in [1.82, 2.24) is 34.4 Å². The maximum atomic E-state index is 13.1. The summed E-state index contributed by atoms with van der Waals surface area (Å²) < 4.78 is 27.5. The molecule has 5 rings (SSSR count). The fraction of sp³-hybridized carbons (Fsp3) is 0.350. The molecule has 2 aliphatic rings. The number of carbonyl (C=O) groups excluding carboxylic acids is 2. The minimum Gasteiger partial charge on any atom is -0.356 e. The van der Waals surface area contributed by atoms with Crippen molar-refractivity contribution >= 4 is 29.4 Å². The molecule has 15 heteroatoms. The van der Waals surface area contributed by atoms with E-state index in [4.69, 9.17) is 0 Å². The van der Waals surface area contributed by atoms with Crippen LogP contribution in [0.1, 0.15) is 10.5 Å². The van der Waals surface area contributed by atoms with Crippen LogP contribution in [0.15, 0.2) is 31.0 Å². The number of rotatable bonds is 5. The van der Waals surface area contributed by atoms with Crippen molar-refractivity contribution in [2.75, 3.05) is 42.3 Å². The summed E-state index contributed by atoms with van der Waals surface area (Å²) in [5.41, 5.74) is 0.618. The monoisotopic (exact) mass is 486 g/mol. The van der Waals surface area contributed by atoms with Crippen LogP contribution in [-0.2, 0) is 11.3 Å². The van der Waals surface area contributed by atoms with Gasteiger partial charge in [-0.2, -0.15) is 0 Å². The highest BCUT2D eigenvalue weighted by atomic mass is 19.3. The quantitative estimate of drug-likeness (QED) is 0.506. The van der Waals surface area contributed by atoms with Gasteiger partial charge in [-0.05, 0) is 6.07 Å². The number of aliphatic hydroxyl groups excluding tert-OH is 1. The predicted molar refractivity (Wildman–Crippen MR) is 118 cm³/mol. The summed E-state index contributed by atoms with van der Waals surface area (Å²) in [5, 5.41) is 12.7. The van der Waals surface area contributed by atoms with Crippen molar-refractivity contribution < 1.29 is 23.5 Å². The average molecular weight is 486 g/mol. The lowest BCUT2D eigenvalue weighted by Crippen LogP contribution is -2.57. The van der Waals surface area contributed by atoms with Gasteiger partial charge in [-0.25, -0.2) is 33.7 Å². The van der Waals surface area contributed by atoms with E-state index in [1.807, 2.05) is 0 Å². The normalized spacial score (nSPS) is 18.8. The lowest BCUT2D eigenvalue weighted by atomic mass is 10.2. The first-order valence-corrected chi connectivity index (χ1v) is 10.4. The van der Waals surface area contributed by atoms with Gasteiger partial charge in [-0.1, -0.05) is 0 Å². The largest absolute Gasteiger partial charge is 0.356 e. The van der Waals surface area contributed by atoms with E-state index in [-0.39, 0.29) is 35.6 Å². The highest BCUT2D eigenvalue weighted by Crippen LogP contribution is 2.30. The molecule has 1 saturated heterocycles. The molecule has 35 heavy (non-hydrogen) atoms. The Balaban J connectivity index is 1.27. The molecule has 1 fully saturated rings. The van der Waals surface area contributed by atoms with Crippen LogP contribution in [0.3, 0.4) is 0 Å². The molecule has 5 heterocycles. The van der Waals surface area contributed by atoms with Gasteiger partial charge >= 0.3 is 0 Å². The number of halogens is 2. The second kappa shape index (κ2) is 8.19. The summed E-state index contributed by atoms with van der Waals surface area (Å²) in [4.78, 5) is 49.9. The molecule has 182 valence electrons. The van der Waals surface area contributed by atoms with E-state index in [9.17, 15) is 23.5 Å². The van der Waals surface area contributed by atoms with Gasteiger partial charge in [0.25, 0.3) is 11.8 Å². The Hall–Kier alpha value is -4.27. The van der Waals surface area contributed by atoms with Gasteiger partial charge in [-0.3, -0.25) is 14.5 Å². The third kappa shape index (κ3) is 4.09. The van der Waals surface area contributed by atoms with Crippen LogP contribution in [0.4, 0.5) is 26.4 Å². The number of aromatic nitrogens is 6. The van der Waals surface area contributed by atoms with Gasteiger partial charge < -0.3 is 24.8 Å². The zero-order valence-electron chi connectivity index (χ0n) is 18.6. The molecule has 2 amide bonds. The van der Waals surface area contributed by atoms with E-state index in [1.54, 1.807) is 7.05 Å². The molecule has 13 nitrogen and oxygen atoms in total. The minimum absolute atomic E-state index is 0.177. The first kappa shape index (κ1) is 22.5. The highest BCUT2D eigenvalue weighted by Gasteiger charge is 2.45. The number of anilines is 3. The van der Waals surface area contributed by atoms with Gasteiger partial charge in [-0.15, -0.1) is 0 Å². The van der Waals surface area contributed by atoms with E-state index >= 15 is 0 Å². The Morgan fingerprint density at radius 1 is 1.17 bits per heavy atom. The molecule has 0 bridgehead atoms. The second-order valence-corrected chi connectivity index (χ2v) is 8.22. The maximum Gasteiger partial charge on any atom is 0.282 e. The number of hydrogen-bond acceptors (Lipinski definition) is 10. The SMILES string of the molecule is CN1C(=O)c2c(ncn2CC(=O)Nc2ccnc(-c3cnc(N4CC(F)(F)C4)nc3)n2)N(C)C1O. The van der Waals surface area contributed by atoms with Crippen molar-refractivity contribution in [3.8, 4) is 11.4 Å². The number of amides is 2. The van der Waals surface area contributed by atoms with E-state index in [1.165, 1.54) is 52.4 Å². The molecule has 0 spiro atoms. The number of hydrogen-bond donors (Lipinski definition) is 2. The summed E-state index contributed by atoms with van der Waals surface area (Å²) in [7, 11) is 3.03. The lowest BCUT2D eigenvalue weighted by molar-refractivity contribution is -0.116. The third-order valence-corrected chi connectivity index (χ3v) is 5.63.